The average Bonchev–Trinajstić information content (AvgIpc) is 2.68. The van der Waals surface area contributed by atoms with Crippen LogP contribution in [0.5, 0.6) is 0 Å². The second-order valence-corrected chi connectivity index (χ2v) is 7.65. The molecule has 1 N–H and O–H groups in total. The van der Waals surface area contributed by atoms with E-state index in [-0.39, 0.29) is 11.8 Å². The van der Waals surface area contributed by atoms with Gasteiger partial charge in [0.05, 0.1) is 6.10 Å². The zero-order chi connectivity index (χ0) is 19.4. The number of halogens is 1. The molecular weight excluding hydrogens is 347 g/mol. The molecule has 2 fully saturated rings. The maximum Gasteiger partial charge on any atom is 0.253 e. The van der Waals surface area contributed by atoms with Crippen LogP contribution in [0.15, 0.2) is 36.9 Å². The largest absolute Gasteiger partial charge is 0.392 e. The summed E-state index contributed by atoms with van der Waals surface area (Å²) < 4.78 is 13.5. The van der Waals surface area contributed by atoms with Gasteiger partial charge in [0, 0.05) is 43.6 Å². The third kappa shape index (κ3) is 4.21. The van der Waals surface area contributed by atoms with Gasteiger partial charge < -0.3 is 14.9 Å². The van der Waals surface area contributed by atoms with Crippen molar-refractivity contribution in [2.75, 3.05) is 26.2 Å². The number of hydrogen-bond donors (Lipinski definition) is 1. The molecule has 0 saturated carbocycles. The molecule has 3 rings (SSSR count). The summed E-state index contributed by atoms with van der Waals surface area (Å²) in [5.41, 5.74) is -0.195. The lowest BCUT2D eigenvalue weighted by atomic mass is 9.71. The van der Waals surface area contributed by atoms with E-state index < -0.39 is 17.3 Å². The van der Waals surface area contributed by atoms with Gasteiger partial charge in [-0.3, -0.25) is 9.59 Å². The summed E-state index contributed by atoms with van der Waals surface area (Å²) in [5.74, 6) is -0.602. The third-order valence-corrected chi connectivity index (χ3v) is 5.77. The number of aliphatic hydroxyl groups is 1. The minimum absolute atomic E-state index is 0.0646. The molecule has 6 heteroatoms. The molecule has 2 atom stereocenters. The molecule has 0 unspecified atom stereocenters. The highest BCUT2D eigenvalue weighted by molar-refractivity contribution is 5.94. The molecule has 0 aliphatic carbocycles. The number of hydrogen-bond acceptors (Lipinski definition) is 3. The summed E-state index contributed by atoms with van der Waals surface area (Å²) in [7, 11) is 0. The van der Waals surface area contributed by atoms with Crippen molar-refractivity contribution in [1.82, 2.24) is 9.80 Å². The van der Waals surface area contributed by atoms with Crippen LogP contribution in [0.1, 0.15) is 42.5 Å². The molecule has 1 aromatic rings. The molecule has 146 valence electrons. The van der Waals surface area contributed by atoms with Crippen LogP contribution in [0.3, 0.4) is 0 Å². The number of allylic oxidation sites excluding steroid dienone is 1. The molecule has 2 saturated heterocycles. The lowest BCUT2D eigenvalue weighted by molar-refractivity contribution is -0.140. The van der Waals surface area contributed by atoms with Crippen molar-refractivity contribution in [3.05, 3.63) is 48.3 Å². The van der Waals surface area contributed by atoms with E-state index in [1.54, 1.807) is 17.0 Å². The summed E-state index contributed by atoms with van der Waals surface area (Å²) in [5, 5.41) is 10.7. The predicted octanol–water partition coefficient (Wildman–Crippen LogP) is 2.61. The second kappa shape index (κ2) is 8.21. The average molecular weight is 374 g/mol. The fourth-order valence-electron chi connectivity index (χ4n) is 4.28. The van der Waals surface area contributed by atoms with Gasteiger partial charge in [0.1, 0.15) is 5.82 Å². The second-order valence-electron chi connectivity index (χ2n) is 7.65. The lowest BCUT2D eigenvalue weighted by Crippen LogP contribution is -2.60. The van der Waals surface area contributed by atoms with Crippen LogP contribution in [-0.2, 0) is 4.79 Å². The number of carbonyl (C=O) groups excluding carboxylic acids is 2. The van der Waals surface area contributed by atoms with Crippen LogP contribution in [0.25, 0.3) is 0 Å². The van der Waals surface area contributed by atoms with Crippen LogP contribution in [0.4, 0.5) is 4.39 Å². The third-order valence-electron chi connectivity index (χ3n) is 5.77. The molecule has 0 radical (unpaired) electrons. The highest BCUT2D eigenvalue weighted by atomic mass is 19.1. The number of benzene rings is 1. The van der Waals surface area contributed by atoms with Crippen molar-refractivity contribution in [1.29, 1.82) is 0 Å². The van der Waals surface area contributed by atoms with Crippen LogP contribution in [0.2, 0.25) is 0 Å². The zero-order valence-electron chi connectivity index (χ0n) is 15.6. The molecule has 2 aliphatic heterocycles. The van der Waals surface area contributed by atoms with E-state index in [1.165, 1.54) is 18.2 Å². The fourth-order valence-corrected chi connectivity index (χ4v) is 4.28. The SMILES string of the molecule is C=CCCC(=O)N1CCC[C@]2(C1)CN(C(=O)c1cccc(F)c1)CC[C@H]2O. The Bertz CT molecular complexity index is 723. The minimum atomic E-state index is -0.552. The highest BCUT2D eigenvalue weighted by Gasteiger charge is 2.47. The fraction of sp³-hybridized carbons (Fsp3) is 0.524. The first-order valence-electron chi connectivity index (χ1n) is 9.57. The smallest absolute Gasteiger partial charge is 0.253 e. The van der Waals surface area contributed by atoms with Gasteiger partial charge >= 0.3 is 0 Å². The maximum absolute atomic E-state index is 13.5. The maximum atomic E-state index is 13.5. The Labute approximate surface area is 159 Å². The summed E-state index contributed by atoms with van der Waals surface area (Å²) in [6.45, 7) is 5.61. The number of rotatable bonds is 4. The van der Waals surface area contributed by atoms with Gasteiger partial charge in [-0.25, -0.2) is 4.39 Å². The Hall–Kier alpha value is -2.21. The minimum Gasteiger partial charge on any atom is -0.392 e. The molecule has 27 heavy (non-hydrogen) atoms. The molecule has 2 amide bonds. The molecule has 0 aromatic heterocycles. The lowest BCUT2D eigenvalue weighted by Gasteiger charge is -2.51. The topological polar surface area (TPSA) is 60.9 Å². The van der Waals surface area contributed by atoms with E-state index in [1.807, 2.05) is 4.90 Å². The van der Waals surface area contributed by atoms with E-state index in [2.05, 4.69) is 6.58 Å². The number of aliphatic hydroxyl groups excluding tert-OH is 1. The van der Waals surface area contributed by atoms with Gasteiger partial charge in [-0.2, -0.15) is 0 Å². The standard InChI is InChI=1S/C21H27FN2O3/c1-2-3-8-19(26)23-11-5-10-21(14-23)15-24(12-9-18(21)25)20(27)16-6-4-7-17(22)13-16/h2,4,6-7,13,18,25H,1,3,5,8-12,14-15H2/t18-,21+/m1/s1. The van der Waals surface area contributed by atoms with Crippen molar-refractivity contribution >= 4 is 11.8 Å². The van der Waals surface area contributed by atoms with Crippen molar-refractivity contribution in [3.63, 3.8) is 0 Å². The molecule has 2 heterocycles. The molecule has 5 nitrogen and oxygen atoms in total. The normalized spacial score (nSPS) is 25.5. The predicted molar refractivity (Wildman–Crippen MR) is 101 cm³/mol. The van der Waals surface area contributed by atoms with Gasteiger partial charge in [-0.15, -0.1) is 6.58 Å². The van der Waals surface area contributed by atoms with E-state index in [4.69, 9.17) is 0 Å². The number of carbonyl (C=O) groups is 2. The van der Waals surface area contributed by atoms with E-state index in [0.717, 1.165) is 12.8 Å². The Morgan fingerprint density at radius 3 is 2.81 bits per heavy atom. The zero-order valence-corrected chi connectivity index (χ0v) is 15.6. The van der Waals surface area contributed by atoms with E-state index in [0.29, 0.717) is 51.0 Å². The molecule has 0 bridgehead atoms. The molecule has 2 aliphatic rings. The van der Waals surface area contributed by atoms with Crippen molar-refractivity contribution in [3.8, 4) is 0 Å². The molecular formula is C21H27FN2O3. The first kappa shape index (κ1) is 19.5. The summed E-state index contributed by atoms with van der Waals surface area (Å²) >= 11 is 0. The van der Waals surface area contributed by atoms with E-state index in [9.17, 15) is 19.1 Å². The Balaban J connectivity index is 1.75. The van der Waals surface area contributed by atoms with Crippen LogP contribution in [-0.4, -0.2) is 59.0 Å². The Kier molecular flexibility index (Phi) is 5.95. The van der Waals surface area contributed by atoms with Crippen molar-refractivity contribution in [2.24, 2.45) is 5.41 Å². The van der Waals surface area contributed by atoms with Crippen LogP contribution in [0, 0.1) is 11.2 Å². The van der Waals surface area contributed by atoms with Crippen molar-refractivity contribution < 1.29 is 19.1 Å². The molecule has 1 spiro atoms. The Morgan fingerprint density at radius 2 is 2.07 bits per heavy atom. The van der Waals surface area contributed by atoms with E-state index >= 15 is 0 Å². The van der Waals surface area contributed by atoms with Gasteiger partial charge in [-0.05, 0) is 43.9 Å². The quantitative estimate of drug-likeness (QED) is 0.824. The first-order chi connectivity index (χ1) is 12.9. The van der Waals surface area contributed by atoms with Crippen LogP contribution >= 0.6 is 0 Å². The van der Waals surface area contributed by atoms with Gasteiger partial charge in [0.25, 0.3) is 5.91 Å². The summed E-state index contributed by atoms with van der Waals surface area (Å²) in [6, 6.07) is 5.69. The number of amides is 2. The molecule has 1 aromatic carbocycles. The Morgan fingerprint density at radius 1 is 1.30 bits per heavy atom. The number of piperidine rings is 2. The summed E-state index contributed by atoms with van der Waals surface area (Å²) in [4.78, 5) is 28.8. The highest BCUT2D eigenvalue weighted by Crippen LogP contribution is 2.39. The number of likely N-dealkylation sites (tertiary alicyclic amines) is 2. The van der Waals surface area contributed by atoms with Gasteiger partial charge in [0.15, 0.2) is 0 Å². The monoisotopic (exact) mass is 374 g/mol. The van der Waals surface area contributed by atoms with Crippen LogP contribution < -0.4 is 0 Å². The first-order valence-corrected chi connectivity index (χ1v) is 9.57. The summed E-state index contributed by atoms with van der Waals surface area (Å²) in [6.07, 6.45) is 4.27. The van der Waals surface area contributed by atoms with Gasteiger partial charge in [0.2, 0.25) is 5.91 Å². The van der Waals surface area contributed by atoms with Gasteiger partial charge in [-0.1, -0.05) is 12.1 Å². The number of nitrogens with zero attached hydrogens (tertiary/aromatic N) is 2. The van der Waals surface area contributed by atoms with Crippen molar-refractivity contribution in [2.45, 2.75) is 38.2 Å².